The van der Waals surface area contributed by atoms with Crippen molar-refractivity contribution in [1.82, 2.24) is 9.72 Å². The molecule has 0 fully saturated rings. The maximum atomic E-state index is 11.8. The van der Waals surface area contributed by atoms with E-state index in [0.29, 0.717) is 24.7 Å². The molecule has 0 bridgehead atoms. The molecule has 4 aromatic rings. The van der Waals surface area contributed by atoms with Crippen molar-refractivity contribution < 1.29 is 14.0 Å². The van der Waals surface area contributed by atoms with Gasteiger partial charge in [-0.05, 0) is 42.7 Å². The summed E-state index contributed by atoms with van der Waals surface area (Å²) in [5.41, 5.74) is 4.54. The Labute approximate surface area is 184 Å². The summed E-state index contributed by atoms with van der Waals surface area (Å²) in [6.45, 7) is 4.93. The maximum Gasteiger partial charge on any atom is 0.440 e. The van der Waals surface area contributed by atoms with Crippen LogP contribution >= 0.6 is 0 Å². The Hall–Kier alpha value is -4.00. The van der Waals surface area contributed by atoms with Gasteiger partial charge < -0.3 is 14.0 Å². The van der Waals surface area contributed by atoms with Crippen molar-refractivity contribution in [3.8, 4) is 11.5 Å². The van der Waals surface area contributed by atoms with E-state index in [-0.39, 0.29) is 6.54 Å². The first-order valence-corrected chi connectivity index (χ1v) is 10.3. The average molecular weight is 432 g/mol. The number of ether oxygens (including phenoxy) is 2. The maximum absolute atomic E-state index is 11.8. The zero-order chi connectivity index (χ0) is 22.5. The average Bonchev–Trinajstić information content (AvgIpc) is 3.08. The van der Waals surface area contributed by atoms with Crippen LogP contribution in [-0.4, -0.2) is 9.72 Å². The number of nitrogens with zero attached hydrogens (tertiary/aromatic N) is 1. The standard InChI is InChI=1S/C25H24N2O5/c1-17-5-3-7-20(11-17)15-30-22-10-9-19(14-27-24(28)26-25(29)32-27)13-23(22)31-16-21-8-4-6-18(2)12-21/h3-13H,14-16H2,1-2H3,(H,26,28,29). The van der Waals surface area contributed by atoms with Gasteiger partial charge in [-0.1, -0.05) is 65.7 Å². The molecule has 0 unspecified atom stereocenters. The van der Waals surface area contributed by atoms with Gasteiger partial charge in [0.05, 0.1) is 6.54 Å². The summed E-state index contributed by atoms with van der Waals surface area (Å²) >= 11 is 0. The Morgan fingerprint density at radius 2 is 1.41 bits per heavy atom. The Morgan fingerprint density at radius 1 is 0.781 bits per heavy atom. The molecule has 32 heavy (non-hydrogen) atoms. The van der Waals surface area contributed by atoms with E-state index < -0.39 is 11.4 Å². The van der Waals surface area contributed by atoms with Crippen LogP contribution in [0.1, 0.15) is 27.8 Å². The highest BCUT2D eigenvalue weighted by molar-refractivity contribution is 5.43. The van der Waals surface area contributed by atoms with Gasteiger partial charge in [0, 0.05) is 0 Å². The highest BCUT2D eigenvalue weighted by atomic mass is 16.5. The first-order chi connectivity index (χ1) is 15.5. The lowest BCUT2D eigenvalue weighted by molar-refractivity contribution is 0.250. The minimum atomic E-state index is -0.788. The number of aryl methyl sites for hydroxylation is 2. The number of rotatable bonds is 8. The molecule has 3 aromatic carbocycles. The number of aromatic nitrogens is 2. The van der Waals surface area contributed by atoms with Crippen molar-refractivity contribution in [1.29, 1.82) is 0 Å². The van der Waals surface area contributed by atoms with Crippen molar-refractivity contribution in [3.63, 3.8) is 0 Å². The number of H-pyrrole nitrogens is 1. The molecule has 0 saturated carbocycles. The Kier molecular flexibility index (Phi) is 6.26. The quantitative estimate of drug-likeness (QED) is 0.456. The largest absolute Gasteiger partial charge is 0.485 e. The molecule has 0 spiro atoms. The summed E-state index contributed by atoms with van der Waals surface area (Å²) in [4.78, 5) is 25.1. The second-order valence-electron chi connectivity index (χ2n) is 7.68. The van der Waals surface area contributed by atoms with Gasteiger partial charge in [-0.15, -0.1) is 4.74 Å². The summed E-state index contributed by atoms with van der Waals surface area (Å²) in [5.74, 6) is 0.345. The molecule has 0 aliphatic heterocycles. The fourth-order valence-electron chi connectivity index (χ4n) is 3.39. The van der Waals surface area contributed by atoms with Crippen LogP contribution in [0.25, 0.3) is 0 Å². The minimum absolute atomic E-state index is 0.0938. The molecule has 1 N–H and O–H groups in total. The van der Waals surface area contributed by atoms with Gasteiger partial charge in [0.25, 0.3) is 0 Å². The highest BCUT2D eigenvalue weighted by Crippen LogP contribution is 2.30. The van der Waals surface area contributed by atoms with Crippen molar-refractivity contribution in [2.45, 2.75) is 33.6 Å². The van der Waals surface area contributed by atoms with E-state index in [2.05, 4.69) is 17.1 Å². The molecular weight excluding hydrogens is 408 g/mol. The van der Waals surface area contributed by atoms with Gasteiger partial charge in [0.2, 0.25) is 0 Å². The summed E-state index contributed by atoms with van der Waals surface area (Å²) < 4.78 is 18.0. The lowest BCUT2D eigenvalue weighted by Crippen LogP contribution is -2.17. The number of aromatic amines is 1. The molecule has 1 aromatic heterocycles. The lowest BCUT2D eigenvalue weighted by Gasteiger charge is -2.15. The smallest absolute Gasteiger partial charge is 0.440 e. The zero-order valence-electron chi connectivity index (χ0n) is 18.0. The topological polar surface area (TPSA) is 86.5 Å². The molecule has 164 valence electrons. The van der Waals surface area contributed by atoms with Gasteiger partial charge in [0.15, 0.2) is 11.5 Å². The SMILES string of the molecule is Cc1cccc(COc2ccc(Cn3oc(=O)[nH]c3=O)cc2OCc2cccc(C)c2)c1. The van der Waals surface area contributed by atoms with Crippen molar-refractivity contribution in [3.05, 3.63) is 116 Å². The van der Waals surface area contributed by atoms with Crippen LogP contribution in [0.2, 0.25) is 0 Å². The summed E-state index contributed by atoms with van der Waals surface area (Å²) in [6, 6.07) is 21.6. The van der Waals surface area contributed by atoms with E-state index in [1.807, 2.05) is 56.3 Å². The van der Waals surface area contributed by atoms with Crippen molar-refractivity contribution in [2.24, 2.45) is 0 Å². The molecule has 1 heterocycles. The van der Waals surface area contributed by atoms with Crippen molar-refractivity contribution >= 4 is 0 Å². The monoisotopic (exact) mass is 432 g/mol. The van der Waals surface area contributed by atoms with E-state index in [4.69, 9.17) is 14.0 Å². The Balaban J connectivity index is 1.57. The molecule has 0 amide bonds. The number of nitrogens with one attached hydrogen (secondary N) is 1. The van der Waals surface area contributed by atoms with Gasteiger partial charge in [0.1, 0.15) is 13.2 Å². The predicted octanol–water partition coefficient (Wildman–Crippen LogP) is 3.95. The number of hydrogen-bond acceptors (Lipinski definition) is 5. The third-order valence-electron chi connectivity index (χ3n) is 4.92. The molecule has 0 saturated heterocycles. The van der Waals surface area contributed by atoms with Gasteiger partial charge >= 0.3 is 11.4 Å². The first-order valence-electron chi connectivity index (χ1n) is 10.3. The van der Waals surface area contributed by atoms with Crippen LogP contribution in [0, 0.1) is 13.8 Å². The van der Waals surface area contributed by atoms with E-state index in [1.165, 1.54) is 0 Å². The highest BCUT2D eigenvalue weighted by Gasteiger charge is 2.11. The second kappa shape index (κ2) is 9.43. The van der Waals surface area contributed by atoms with Crippen LogP contribution in [0.3, 0.4) is 0 Å². The minimum Gasteiger partial charge on any atom is -0.485 e. The van der Waals surface area contributed by atoms with Crippen LogP contribution in [0.4, 0.5) is 0 Å². The molecule has 0 atom stereocenters. The molecule has 0 radical (unpaired) electrons. The second-order valence-corrected chi connectivity index (χ2v) is 7.68. The zero-order valence-corrected chi connectivity index (χ0v) is 18.0. The van der Waals surface area contributed by atoms with Crippen LogP contribution in [0.5, 0.6) is 11.5 Å². The van der Waals surface area contributed by atoms with E-state index in [1.54, 1.807) is 12.1 Å². The van der Waals surface area contributed by atoms with E-state index in [0.717, 1.165) is 32.6 Å². The van der Waals surface area contributed by atoms with Crippen LogP contribution in [0.15, 0.2) is 80.8 Å². The Morgan fingerprint density at radius 3 is 1.97 bits per heavy atom. The van der Waals surface area contributed by atoms with Crippen molar-refractivity contribution in [2.75, 3.05) is 0 Å². The Bertz CT molecular complexity index is 1330. The third kappa shape index (κ3) is 5.37. The van der Waals surface area contributed by atoms with E-state index in [9.17, 15) is 9.59 Å². The summed E-state index contributed by atoms with van der Waals surface area (Å²) in [6.07, 6.45) is 0. The van der Waals surface area contributed by atoms with Gasteiger partial charge in [-0.2, -0.15) is 0 Å². The fraction of sp³-hybridized carbons (Fsp3) is 0.200. The summed E-state index contributed by atoms with van der Waals surface area (Å²) in [7, 11) is 0. The fourth-order valence-corrected chi connectivity index (χ4v) is 3.39. The van der Waals surface area contributed by atoms with Gasteiger partial charge in [-0.25, -0.2) is 14.6 Å². The lowest BCUT2D eigenvalue weighted by atomic mass is 10.1. The van der Waals surface area contributed by atoms with Crippen LogP contribution < -0.4 is 20.9 Å². The number of hydrogen-bond donors (Lipinski definition) is 1. The van der Waals surface area contributed by atoms with Crippen LogP contribution in [-0.2, 0) is 19.8 Å². The molecule has 4 rings (SSSR count). The number of benzene rings is 3. The molecular formula is C25H24N2O5. The first kappa shape index (κ1) is 21.2. The summed E-state index contributed by atoms with van der Waals surface area (Å²) in [5, 5.41) is 0. The molecule has 7 heteroatoms. The normalized spacial score (nSPS) is 10.8. The molecule has 7 nitrogen and oxygen atoms in total. The molecule has 0 aliphatic carbocycles. The third-order valence-corrected chi connectivity index (χ3v) is 4.92. The van der Waals surface area contributed by atoms with Gasteiger partial charge in [-0.3, -0.25) is 0 Å². The van der Waals surface area contributed by atoms with E-state index >= 15 is 0 Å². The predicted molar refractivity (Wildman–Crippen MR) is 120 cm³/mol. The molecule has 0 aliphatic rings.